The van der Waals surface area contributed by atoms with Crippen LogP contribution in [0.3, 0.4) is 0 Å². The monoisotopic (exact) mass is 440 g/mol. The summed E-state index contributed by atoms with van der Waals surface area (Å²) in [5.41, 5.74) is 3.79. The van der Waals surface area contributed by atoms with Crippen molar-refractivity contribution in [2.24, 2.45) is 56.7 Å². The lowest BCUT2D eigenvalue weighted by molar-refractivity contribution is -0.161. The number of aliphatic hydroxyl groups excluding tert-OH is 1. The molecule has 2 unspecified atom stereocenters. The van der Waals surface area contributed by atoms with Crippen LogP contribution in [0.5, 0.6) is 0 Å². The van der Waals surface area contributed by atoms with Crippen LogP contribution in [-0.4, -0.2) is 11.2 Å². The Morgan fingerprint density at radius 2 is 1.50 bits per heavy atom. The molecular weight excluding hydrogens is 388 g/mol. The van der Waals surface area contributed by atoms with E-state index in [4.69, 9.17) is 0 Å². The molecule has 0 radical (unpaired) electrons. The van der Waals surface area contributed by atoms with Crippen molar-refractivity contribution in [3.05, 3.63) is 12.2 Å². The van der Waals surface area contributed by atoms with Crippen molar-refractivity contribution >= 4 is 0 Å². The fourth-order valence-corrected chi connectivity index (χ4v) is 11.2. The van der Waals surface area contributed by atoms with Gasteiger partial charge in [0.15, 0.2) is 0 Å². The smallest absolute Gasteiger partial charge is 0.0594 e. The minimum Gasteiger partial charge on any atom is -0.393 e. The maximum Gasteiger partial charge on any atom is 0.0594 e. The molecule has 1 N–H and O–H groups in total. The normalized spacial score (nSPS) is 51.9. The summed E-state index contributed by atoms with van der Waals surface area (Å²) in [6, 6.07) is 0. The SMILES string of the molecule is C=C(CC[C@@H](C)C1CC[C@@]2(C)[C@@H]3CC[C@H]4C(C)(C)[C@@H](O)CC[C@@]45CC35CC[C@]12C)C(C)C. The van der Waals surface area contributed by atoms with Crippen molar-refractivity contribution in [2.45, 2.75) is 125 Å². The van der Waals surface area contributed by atoms with Gasteiger partial charge in [-0.05, 0) is 127 Å². The molecule has 1 heteroatoms. The first kappa shape index (κ1) is 23.4. The number of hydrogen-bond acceptors (Lipinski definition) is 1. The molecule has 32 heavy (non-hydrogen) atoms. The van der Waals surface area contributed by atoms with E-state index in [9.17, 15) is 5.11 Å². The molecule has 5 fully saturated rings. The van der Waals surface area contributed by atoms with Gasteiger partial charge in [0, 0.05) is 0 Å². The fourth-order valence-electron chi connectivity index (χ4n) is 11.2. The molecule has 5 aliphatic rings. The largest absolute Gasteiger partial charge is 0.393 e. The van der Waals surface area contributed by atoms with E-state index in [1.807, 2.05) is 0 Å². The summed E-state index contributed by atoms with van der Waals surface area (Å²) in [4.78, 5) is 0. The Kier molecular flexibility index (Phi) is 5.21. The number of rotatable bonds is 5. The Hall–Kier alpha value is -0.300. The highest BCUT2D eigenvalue weighted by molar-refractivity contribution is 5.30. The van der Waals surface area contributed by atoms with Gasteiger partial charge in [-0.3, -0.25) is 0 Å². The Bertz CT molecular complexity index is 779. The van der Waals surface area contributed by atoms with Crippen molar-refractivity contribution in [2.75, 3.05) is 0 Å². The summed E-state index contributed by atoms with van der Waals surface area (Å²) < 4.78 is 0. The topological polar surface area (TPSA) is 20.2 Å². The molecular formula is C31H52O. The second-order valence-electron chi connectivity index (χ2n) is 14.9. The summed E-state index contributed by atoms with van der Waals surface area (Å²) >= 11 is 0. The first-order valence-corrected chi connectivity index (χ1v) is 14.2. The number of aliphatic hydroxyl groups is 1. The third kappa shape index (κ3) is 2.73. The minimum absolute atomic E-state index is 0.0888. The first-order valence-electron chi connectivity index (χ1n) is 14.2. The van der Waals surface area contributed by atoms with E-state index in [2.05, 4.69) is 55.0 Å². The number of fused-ring (bicyclic) bond motifs is 2. The van der Waals surface area contributed by atoms with Gasteiger partial charge in [0.1, 0.15) is 0 Å². The lowest BCUT2D eigenvalue weighted by Crippen LogP contribution is -2.57. The zero-order valence-corrected chi connectivity index (χ0v) is 22.4. The average molecular weight is 441 g/mol. The fraction of sp³-hybridized carbons (Fsp3) is 0.935. The predicted molar refractivity (Wildman–Crippen MR) is 135 cm³/mol. The van der Waals surface area contributed by atoms with Crippen LogP contribution in [0.4, 0.5) is 0 Å². The molecule has 0 aromatic rings. The van der Waals surface area contributed by atoms with Gasteiger partial charge in [0.25, 0.3) is 0 Å². The van der Waals surface area contributed by atoms with E-state index >= 15 is 0 Å². The molecule has 5 rings (SSSR count). The lowest BCUT2D eigenvalue weighted by atomic mass is 9.41. The zero-order valence-electron chi connectivity index (χ0n) is 22.4. The molecule has 0 saturated heterocycles. The summed E-state index contributed by atoms with van der Waals surface area (Å²) in [5, 5.41) is 10.9. The van der Waals surface area contributed by atoms with Crippen LogP contribution < -0.4 is 0 Å². The maximum atomic E-state index is 10.9. The van der Waals surface area contributed by atoms with E-state index in [-0.39, 0.29) is 11.5 Å². The van der Waals surface area contributed by atoms with E-state index in [0.29, 0.717) is 27.6 Å². The Morgan fingerprint density at radius 1 is 0.844 bits per heavy atom. The Balaban J connectivity index is 1.39. The van der Waals surface area contributed by atoms with Crippen molar-refractivity contribution < 1.29 is 5.11 Å². The highest BCUT2D eigenvalue weighted by Crippen LogP contribution is 2.89. The lowest BCUT2D eigenvalue weighted by Gasteiger charge is -2.63. The second kappa shape index (κ2) is 7.11. The third-order valence-corrected chi connectivity index (χ3v) is 13.6. The van der Waals surface area contributed by atoms with Gasteiger partial charge in [-0.2, -0.15) is 0 Å². The summed E-state index contributed by atoms with van der Waals surface area (Å²) in [6.07, 6.45) is 15.0. The van der Waals surface area contributed by atoms with E-state index in [0.717, 1.165) is 30.1 Å². The molecule has 0 aromatic heterocycles. The van der Waals surface area contributed by atoms with Crippen LogP contribution in [0.25, 0.3) is 0 Å². The molecule has 0 aromatic carbocycles. The molecule has 5 saturated carbocycles. The molecule has 0 heterocycles. The molecule has 2 spiro atoms. The average Bonchev–Trinajstić information content (AvgIpc) is 3.31. The molecule has 182 valence electrons. The van der Waals surface area contributed by atoms with Gasteiger partial charge in [-0.15, -0.1) is 0 Å². The number of allylic oxidation sites excluding steroid dienone is 1. The van der Waals surface area contributed by atoms with E-state index < -0.39 is 0 Å². The zero-order chi connectivity index (χ0) is 23.3. The Labute approximate surface area is 199 Å². The first-order chi connectivity index (χ1) is 14.9. The van der Waals surface area contributed by atoms with Crippen LogP contribution in [0.1, 0.15) is 119 Å². The van der Waals surface area contributed by atoms with Gasteiger partial charge in [-0.1, -0.05) is 60.6 Å². The van der Waals surface area contributed by atoms with E-state index in [1.165, 1.54) is 69.8 Å². The highest BCUT2D eigenvalue weighted by Gasteiger charge is 2.82. The van der Waals surface area contributed by atoms with E-state index in [1.54, 1.807) is 0 Å². The van der Waals surface area contributed by atoms with Crippen molar-refractivity contribution in [3.8, 4) is 0 Å². The maximum absolute atomic E-state index is 10.9. The third-order valence-electron chi connectivity index (χ3n) is 13.6. The quantitative estimate of drug-likeness (QED) is 0.425. The highest BCUT2D eigenvalue weighted by atomic mass is 16.3. The minimum atomic E-state index is -0.0888. The molecule has 0 aliphatic heterocycles. The molecule has 1 nitrogen and oxygen atoms in total. The number of hydrogen-bond donors (Lipinski definition) is 1. The second-order valence-corrected chi connectivity index (χ2v) is 14.9. The van der Waals surface area contributed by atoms with Crippen LogP contribution in [-0.2, 0) is 0 Å². The summed E-state index contributed by atoms with van der Waals surface area (Å²) in [7, 11) is 0. The van der Waals surface area contributed by atoms with Gasteiger partial charge in [-0.25, -0.2) is 0 Å². The van der Waals surface area contributed by atoms with Crippen LogP contribution in [0.2, 0.25) is 0 Å². The molecule has 0 amide bonds. The Morgan fingerprint density at radius 3 is 2.19 bits per heavy atom. The molecule has 5 aliphatic carbocycles. The molecule has 9 atom stereocenters. The molecule has 0 bridgehead atoms. The van der Waals surface area contributed by atoms with Gasteiger partial charge in [0.2, 0.25) is 0 Å². The van der Waals surface area contributed by atoms with Gasteiger partial charge >= 0.3 is 0 Å². The van der Waals surface area contributed by atoms with Crippen molar-refractivity contribution in [1.29, 1.82) is 0 Å². The van der Waals surface area contributed by atoms with Crippen molar-refractivity contribution in [1.82, 2.24) is 0 Å². The van der Waals surface area contributed by atoms with Crippen LogP contribution in [0.15, 0.2) is 12.2 Å². The van der Waals surface area contributed by atoms with Crippen LogP contribution in [0, 0.1) is 56.7 Å². The predicted octanol–water partition coefficient (Wildman–Crippen LogP) is 8.41. The summed E-state index contributed by atoms with van der Waals surface area (Å²) in [6.45, 7) is 21.8. The van der Waals surface area contributed by atoms with Gasteiger partial charge < -0.3 is 5.11 Å². The van der Waals surface area contributed by atoms with Crippen LogP contribution >= 0.6 is 0 Å². The standard InChI is InChI=1S/C31H52O/c1-20(2)21(3)9-10-22(4)23-13-15-29(8)25-12-11-24-27(5,6)26(32)14-16-30(24)19-31(25,30)18-17-28(23,29)7/h20,22-26,32H,3,9-19H2,1-2,4-8H3/t22-,23?,24+,25+,26+,28-,29+,30-,31?/m1/s1. The summed E-state index contributed by atoms with van der Waals surface area (Å²) in [5.74, 6) is 4.02. The van der Waals surface area contributed by atoms with Crippen molar-refractivity contribution in [3.63, 3.8) is 0 Å². The van der Waals surface area contributed by atoms with Gasteiger partial charge in [0.05, 0.1) is 6.10 Å².